The molecule has 21 heavy (non-hydrogen) atoms. The molecule has 1 N–H and O–H groups in total. The molecule has 0 bridgehead atoms. The first kappa shape index (κ1) is 14.6. The Kier molecular flexibility index (Phi) is 4.04. The van der Waals surface area contributed by atoms with Gasteiger partial charge in [0, 0.05) is 22.5 Å². The fourth-order valence-corrected chi connectivity index (χ4v) is 3.93. The van der Waals surface area contributed by atoms with Crippen LogP contribution in [0.25, 0.3) is 0 Å². The summed E-state index contributed by atoms with van der Waals surface area (Å²) < 4.78 is 27.3. The normalized spacial score (nSPS) is 15.5. The predicted octanol–water partition coefficient (Wildman–Crippen LogP) is 4.00. The van der Waals surface area contributed by atoms with E-state index in [0.29, 0.717) is 5.56 Å². The average Bonchev–Trinajstić information content (AvgIpc) is 2.96. The molecule has 1 heterocycles. The largest absolute Gasteiger partial charge is 0.302 e. The summed E-state index contributed by atoms with van der Waals surface area (Å²) in [6.07, 6.45) is 3.22. The highest BCUT2D eigenvalue weighted by Gasteiger charge is 2.25. The van der Waals surface area contributed by atoms with Crippen LogP contribution in [-0.2, 0) is 12.8 Å². The SMILES string of the molecule is CC(C)NC(c1nc2c(s1)CCC2)c1ccc(F)cc1F. The van der Waals surface area contributed by atoms with E-state index in [2.05, 4.69) is 10.3 Å². The van der Waals surface area contributed by atoms with E-state index in [0.717, 1.165) is 36.0 Å². The zero-order chi connectivity index (χ0) is 15.0. The fourth-order valence-electron chi connectivity index (χ4n) is 2.70. The van der Waals surface area contributed by atoms with E-state index in [1.165, 1.54) is 17.0 Å². The molecule has 2 nitrogen and oxygen atoms in total. The number of aryl methyl sites for hydroxylation is 2. The van der Waals surface area contributed by atoms with Gasteiger partial charge in [0.1, 0.15) is 16.6 Å². The van der Waals surface area contributed by atoms with Crippen LogP contribution >= 0.6 is 11.3 Å². The van der Waals surface area contributed by atoms with Crippen molar-refractivity contribution in [1.29, 1.82) is 0 Å². The Morgan fingerprint density at radius 1 is 1.24 bits per heavy atom. The van der Waals surface area contributed by atoms with E-state index in [1.807, 2.05) is 13.8 Å². The highest BCUT2D eigenvalue weighted by atomic mass is 32.1. The highest BCUT2D eigenvalue weighted by Crippen LogP contribution is 2.34. The first-order chi connectivity index (χ1) is 10.0. The van der Waals surface area contributed by atoms with Crippen LogP contribution in [0.4, 0.5) is 8.78 Å². The Labute approximate surface area is 127 Å². The van der Waals surface area contributed by atoms with Crippen LogP contribution in [0.3, 0.4) is 0 Å². The molecule has 0 radical (unpaired) electrons. The van der Waals surface area contributed by atoms with E-state index in [4.69, 9.17) is 0 Å². The van der Waals surface area contributed by atoms with E-state index >= 15 is 0 Å². The molecule has 0 spiro atoms. The van der Waals surface area contributed by atoms with Crippen molar-refractivity contribution in [3.63, 3.8) is 0 Å². The molecule has 1 aromatic heterocycles. The molecule has 2 aromatic rings. The third-order valence-electron chi connectivity index (χ3n) is 3.63. The van der Waals surface area contributed by atoms with Crippen molar-refractivity contribution < 1.29 is 8.78 Å². The Morgan fingerprint density at radius 3 is 2.71 bits per heavy atom. The Balaban J connectivity index is 2.00. The minimum atomic E-state index is -0.554. The molecule has 0 saturated heterocycles. The van der Waals surface area contributed by atoms with Gasteiger partial charge < -0.3 is 5.32 Å². The number of halogens is 2. The maximum atomic E-state index is 14.1. The smallest absolute Gasteiger partial charge is 0.131 e. The summed E-state index contributed by atoms with van der Waals surface area (Å²) in [7, 11) is 0. The van der Waals surface area contributed by atoms with Gasteiger partial charge >= 0.3 is 0 Å². The second kappa shape index (κ2) is 5.81. The van der Waals surface area contributed by atoms with Crippen molar-refractivity contribution in [2.75, 3.05) is 0 Å². The molecule has 5 heteroatoms. The monoisotopic (exact) mass is 308 g/mol. The molecule has 1 atom stereocenters. The van der Waals surface area contributed by atoms with Crippen LogP contribution in [0.15, 0.2) is 18.2 Å². The van der Waals surface area contributed by atoms with Crippen molar-refractivity contribution in [2.45, 2.75) is 45.2 Å². The third-order valence-corrected chi connectivity index (χ3v) is 4.85. The number of nitrogens with zero attached hydrogens (tertiary/aromatic N) is 1. The van der Waals surface area contributed by atoms with Crippen molar-refractivity contribution in [2.24, 2.45) is 0 Å². The molecule has 1 unspecified atom stereocenters. The molecular weight excluding hydrogens is 290 g/mol. The lowest BCUT2D eigenvalue weighted by Crippen LogP contribution is -2.29. The van der Waals surface area contributed by atoms with Gasteiger partial charge in [0.25, 0.3) is 0 Å². The van der Waals surface area contributed by atoms with Gasteiger partial charge in [-0.05, 0) is 39.2 Å². The van der Waals surface area contributed by atoms with Gasteiger partial charge in [-0.1, -0.05) is 6.07 Å². The zero-order valence-electron chi connectivity index (χ0n) is 12.1. The lowest BCUT2D eigenvalue weighted by molar-refractivity contribution is 0.496. The second-order valence-corrected chi connectivity index (χ2v) is 6.81. The summed E-state index contributed by atoms with van der Waals surface area (Å²) in [5.74, 6) is -1.08. The molecule has 112 valence electrons. The summed E-state index contributed by atoms with van der Waals surface area (Å²) >= 11 is 1.65. The Bertz CT molecular complexity index is 630. The summed E-state index contributed by atoms with van der Waals surface area (Å²) in [6, 6.07) is 3.61. The summed E-state index contributed by atoms with van der Waals surface area (Å²) in [5, 5.41) is 4.22. The van der Waals surface area contributed by atoms with Gasteiger partial charge in [0.05, 0.1) is 11.7 Å². The Hall–Kier alpha value is -1.33. The summed E-state index contributed by atoms with van der Waals surface area (Å²) in [5.41, 5.74) is 1.60. The predicted molar refractivity (Wildman–Crippen MR) is 80.6 cm³/mol. The molecule has 0 saturated carbocycles. The minimum absolute atomic E-state index is 0.179. The quantitative estimate of drug-likeness (QED) is 0.923. The van der Waals surface area contributed by atoms with Gasteiger partial charge in [0.2, 0.25) is 0 Å². The number of hydrogen-bond donors (Lipinski definition) is 1. The molecule has 1 aliphatic rings. The molecule has 0 fully saturated rings. The molecule has 0 amide bonds. The van der Waals surface area contributed by atoms with Crippen molar-refractivity contribution in [3.05, 3.63) is 51.0 Å². The molecular formula is C16H18F2N2S. The number of benzene rings is 1. The van der Waals surface area contributed by atoms with Crippen molar-refractivity contribution >= 4 is 11.3 Å². The lowest BCUT2D eigenvalue weighted by atomic mass is 10.1. The first-order valence-electron chi connectivity index (χ1n) is 7.24. The average molecular weight is 308 g/mol. The number of thiazole rings is 1. The number of hydrogen-bond acceptors (Lipinski definition) is 3. The molecule has 1 aromatic carbocycles. The number of aromatic nitrogens is 1. The topological polar surface area (TPSA) is 24.9 Å². The fraction of sp³-hybridized carbons (Fsp3) is 0.438. The van der Waals surface area contributed by atoms with Gasteiger partial charge in [-0.2, -0.15) is 0 Å². The molecule has 1 aliphatic carbocycles. The van der Waals surface area contributed by atoms with Gasteiger partial charge in [-0.3, -0.25) is 0 Å². The van der Waals surface area contributed by atoms with Gasteiger partial charge in [0.15, 0.2) is 0 Å². The van der Waals surface area contributed by atoms with Crippen LogP contribution in [-0.4, -0.2) is 11.0 Å². The van der Waals surface area contributed by atoms with E-state index in [-0.39, 0.29) is 12.1 Å². The highest BCUT2D eigenvalue weighted by molar-refractivity contribution is 7.11. The number of nitrogens with one attached hydrogen (secondary N) is 1. The van der Waals surface area contributed by atoms with Crippen LogP contribution in [0, 0.1) is 11.6 Å². The number of rotatable bonds is 4. The van der Waals surface area contributed by atoms with Crippen LogP contribution in [0.1, 0.15) is 47.5 Å². The van der Waals surface area contributed by atoms with Crippen LogP contribution in [0.5, 0.6) is 0 Å². The first-order valence-corrected chi connectivity index (χ1v) is 8.05. The van der Waals surface area contributed by atoms with Crippen LogP contribution in [0.2, 0.25) is 0 Å². The minimum Gasteiger partial charge on any atom is -0.302 e. The third kappa shape index (κ3) is 2.99. The van der Waals surface area contributed by atoms with Gasteiger partial charge in [-0.15, -0.1) is 11.3 Å². The standard InChI is InChI=1S/C16H18F2N2S/c1-9(2)19-15(11-7-6-10(17)8-12(11)18)16-20-13-4-3-5-14(13)21-16/h6-9,15,19H,3-5H2,1-2H3. The lowest BCUT2D eigenvalue weighted by Gasteiger charge is -2.20. The van der Waals surface area contributed by atoms with Crippen LogP contribution < -0.4 is 5.32 Å². The molecule has 0 aliphatic heterocycles. The second-order valence-electron chi connectivity index (χ2n) is 5.70. The van der Waals surface area contributed by atoms with Crippen molar-refractivity contribution in [3.8, 4) is 0 Å². The zero-order valence-corrected chi connectivity index (χ0v) is 12.9. The Morgan fingerprint density at radius 2 is 2.05 bits per heavy atom. The number of fused-ring (bicyclic) bond motifs is 1. The summed E-state index contributed by atoms with van der Waals surface area (Å²) in [6.45, 7) is 4.02. The maximum absolute atomic E-state index is 14.1. The molecule has 3 rings (SSSR count). The van der Waals surface area contributed by atoms with Crippen molar-refractivity contribution in [1.82, 2.24) is 10.3 Å². The maximum Gasteiger partial charge on any atom is 0.131 e. The van der Waals surface area contributed by atoms with E-state index in [9.17, 15) is 8.78 Å². The summed E-state index contributed by atoms with van der Waals surface area (Å²) in [4.78, 5) is 5.99. The van der Waals surface area contributed by atoms with E-state index < -0.39 is 11.6 Å². The van der Waals surface area contributed by atoms with Gasteiger partial charge in [-0.25, -0.2) is 13.8 Å². The van der Waals surface area contributed by atoms with E-state index in [1.54, 1.807) is 11.3 Å².